The van der Waals surface area contributed by atoms with Crippen molar-refractivity contribution in [3.63, 3.8) is 0 Å². The van der Waals surface area contributed by atoms with E-state index in [0.29, 0.717) is 42.8 Å². The van der Waals surface area contributed by atoms with Crippen LogP contribution in [-0.2, 0) is 16.0 Å². The predicted octanol–water partition coefficient (Wildman–Crippen LogP) is 5.06. The molecule has 4 heterocycles. The number of imidazole rings is 1. The number of carbonyl (C=O) groups is 2. The van der Waals surface area contributed by atoms with Crippen molar-refractivity contribution in [1.29, 1.82) is 0 Å². The van der Waals surface area contributed by atoms with Crippen LogP contribution in [0.3, 0.4) is 0 Å². The standard InChI is InChI=1S/C29H32FN7O4/c1-3-40-28(38)35-27-33-24-16-20(15-22(26(24)34-27)25-23(30)7-5-10-31-25)19-8-9-21(32-17-19)18-36-11-6-12-37(14-13-36)29(39)41-4-2/h5,7-10,15-17H,3-4,6,11-14,18H2,1-2H3,(H2,33,34,35,38). The second kappa shape index (κ2) is 12.7. The van der Waals surface area contributed by atoms with Gasteiger partial charge in [-0.1, -0.05) is 6.07 Å². The predicted molar refractivity (Wildman–Crippen MR) is 152 cm³/mol. The number of anilines is 1. The van der Waals surface area contributed by atoms with Gasteiger partial charge in [0.25, 0.3) is 0 Å². The van der Waals surface area contributed by atoms with E-state index in [-0.39, 0.29) is 24.3 Å². The normalized spacial score (nSPS) is 14.1. The number of ether oxygens (including phenoxy) is 2. The summed E-state index contributed by atoms with van der Waals surface area (Å²) < 4.78 is 24.9. The molecule has 1 saturated heterocycles. The first-order chi connectivity index (χ1) is 19.9. The van der Waals surface area contributed by atoms with Gasteiger partial charge in [-0.3, -0.25) is 20.2 Å². The number of carbonyl (C=O) groups excluding carboxylic acids is 2. The summed E-state index contributed by atoms with van der Waals surface area (Å²) in [7, 11) is 0. The Morgan fingerprint density at radius 3 is 2.63 bits per heavy atom. The lowest BCUT2D eigenvalue weighted by Gasteiger charge is -2.21. The van der Waals surface area contributed by atoms with Crippen molar-refractivity contribution in [1.82, 2.24) is 29.7 Å². The van der Waals surface area contributed by atoms with Crippen LogP contribution in [0.5, 0.6) is 0 Å². The van der Waals surface area contributed by atoms with E-state index in [0.717, 1.165) is 36.3 Å². The highest BCUT2D eigenvalue weighted by Crippen LogP contribution is 2.34. The molecular formula is C29H32FN7O4. The van der Waals surface area contributed by atoms with E-state index >= 15 is 0 Å². The monoisotopic (exact) mass is 561 g/mol. The SMILES string of the molecule is CCOC(=O)Nc1nc2cc(-c3ccc(CN4CCCN(C(=O)OCC)CC4)nc3)cc(-c3ncccc3F)c2[nH]1. The number of hydrogen-bond acceptors (Lipinski definition) is 8. The molecule has 3 aromatic heterocycles. The third-order valence-electron chi connectivity index (χ3n) is 6.76. The Bertz CT molecular complexity index is 1530. The largest absolute Gasteiger partial charge is 0.450 e. The minimum Gasteiger partial charge on any atom is -0.450 e. The quantitative estimate of drug-likeness (QED) is 0.321. The molecule has 0 aliphatic carbocycles. The van der Waals surface area contributed by atoms with Gasteiger partial charge < -0.3 is 19.4 Å². The molecule has 0 spiro atoms. The highest BCUT2D eigenvalue weighted by Gasteiger charge is 2.21. The number of hydrogen-bond donors (Lipinski definition) is 2. The average Bonchev–Trinajstić information content (AvgIpc) is 3.22. The van der Waals surface area contributed by atoms with E-state index in [1.165, 1.54) is 18.3 Å². The summed E-state index contributed by atoms with van der Waals surface area (Å²) in [5.41, 5.74) is 4.20. The highest BCUT2D eigenvalue weighted by atomic mass is 19.1. The molecule has 5 rings (SSSR count). The first-order valence-corrected chi connectivity index (χ1v) is 13.6. The van der Waals surface area contributed by atoms with E-state index < -0.39 is 11.9 Å². The zero-order valence-electron chi connectivity index (χ0n) is 23.0. The van der Waals surface area contributed by atoms with Crippen molar-refractivity contribution in [3.8, 4) is 22.4 Å². The number of fused-ring (bicyclic) bond motifs is 1. The van der Waals surface area contributed by atoms with E-state index in [9.17, 15) is 14.0 Å². The minimum atomic E-state index is -0.643. The van der Waals surface area contributed by atoms with Crippen LogP contribution in [0, 0.1) is 5.82 Å². The Hall–Kier alpha value is -4.58. The van der Waals surface area contributed by atoms with Crippen LogP contribution in [0.2, 0.25) is 0 Å². The molecule has 0 unspecified atom stereocenters. The summed E-state index contributed by atoms with van der Waals surface area (Å²) in [5, 5.41) is 2.56. The number of benzene rings is 1. The van der Waals surface area contributed by atoms with Gasteiger partial charge in [-0.2, -0.15) is 0 Å². The maximum Gasteiger partial charge on any atom is 0.413 e. The van der Waals surface area contributed by atoms with Crippen LogP contribution in [0.1, 0.15) is 26.0 Å². The van der Waals surface area contributed by atoms with Crippen LogP contribution >= 0.6 is 0 Å². The lowest BCUT2D eigenvalue weighted by Crippen LogP contribution is -2.35. The van der Waals surface area contributed by atoms with Crippen molar-refractivity contribution >= 4 is 29.2 Å². The molecule has 4 aromatic rings. The molecule has 12 heteroatoms. The molecule has 1 aromatic carbocycles. The molecule has 11 nitrogen and oxygen atoms in total. The summed E-state index contributed by atoms with van der Waals surface area (Å²) in [6.45, 7) is 7.63. The van der Waals surface area contributed by atoms with Gasteiger partial charge in [0.2, 0.25) is 5.95 Å². The van der Waals surface area contributed by atoms with Gasteiger partial charge >= 0.3 is 12.2 Å². The fraction of sp³-hybridized carbons (Fsp3) is 0.345. The van der Waals surface area contributed by atoms with E-state index in [2.05, 4.69) is 25.2 Å². The van der Waals surface area contributed by atoms with Crippen LogP contribution < -0.4 is 5.32 Å². The van der Waals surface area contributed by atoms with Gasteiger partial charge in [0.05, 0.1) is 29.9 Å². The third kappa shape index (κ3) is 6.60. The number of aromatic amines is 1. The number of nitrogens with one attached hydrogen (secondary N) is 2. The second-order valence-corrected chi connectivity index (χ2v) is 9.54. The Kier molecular flexibility index (Phi) is 8.68. The molecule has 1 aliphatic heterocycles. The summed E-state index contributed by atoms with van der Waals surface area (Å²) in [6.07, 6.45) is 3.26. The van der Waals surface area contributed by atoms with Crippen molar-refractivity contribution in [2.24, 2.45) is 0 Å². The topological polar surface area (TPSA) is 126 Å². The fourth-order valence-electron chi connectivity index (χ4n) is 4.82. The van der Waals surface area contributed by atoms with Gasteiger partial charge in [-0.05, 0) is 56.2 Å². The lowest BCUT2D eigenvalue weighted by molar-refractivity contribution is 0.108. The average molecular weight is 562 g/mol. The van der Waals surface area contributed by atoms with Crippen molar-refractivity contribution < 1.29 is 23.5 Å². The molecule has 0 saturated carbocycles. The number of aromatic nitrogens is 4. The zero-order chi connectivity index (χ0) is 28.8. The summed E-state index contributed by atoms with van der Waals surface area (Å²) >= 11 is 0. The van der Waals surface area contributed by atoms with Crippen LogP contribution in [0.15, 0.2) is 48.8 Å². The lowest BCUT2D eigenvalue weighted by atomic mass is 10.0. The number of nitrogens with zero attached hydrogens (tertiary/aromatic N) is 5. The maximum atomic E-state index is 14.8. The number of halogens is 1. The summed E-state index contributed by atoms with van der Waals surface area (Å²) in [5.74, 6) is -0.298. The van der Waals surface area contributed by atoms with Gasteiger partial charge in [-0.25, -0.2) is 19.0 Å². The Labute approximate surface area is 236 Å². The van der Waals surface area contributed by atoms with Crippen molar-refractivity contribution in [2.45, 2.75) is 26.8 Å². The molecule has 214 valence electrons. The van der Waals surface area contributed by atoms with Crippen molar-refractivity contribution in [3.05, 3.63) is 60.3 Å². The third-order valence-corrected chi connectivity index (χ3v) is 6.76. The maximum absolute atomic E-state index is 14.8. The number of amides is 2. The zero-order valence-corrected chi connectivity index (χ0v) is 23.0. The molecule has 0 bridgehead atoms. The first kappa shape index (κ1) is 28.0. The number of pyridine rings is 2. The molecule has 2 amide bonds. The summed E-state index contributed by atoms with van der Waals surface area (Å²) in [4.78, 5) is 44.6. The number of rotatable bonds is 7. The molecule has 1 fully saturated rings. The minimum absolute atomic E-state index is 0.160. The van der Waals surface area contributed by atoms with Gasteiger partial charge in [-0.15, -0.1) is 0 Å². The van der Waals surface area contributed by atoms with Gasteiger partial charge in [0.1, 0.15) is 11.5 Å². The summed E-state index contributed by atoms with van der Waals surface area (Å²) in [6, 6.07) is 10.5. The Morgan fingerprint density at radius 2 is 1.88 bits per heavy atom. The molecule has 0 radical (unpaired) electrons. The van der Waals surface area contributed by atoms with E-state index in [4.69, 9.17) is 14.5 Å². The smallest absolute Gasteiger partial charge is 0.413 e. The Morgan fingerprint density at radius 1 is 1.02 bits per heavy atom. The van der Waals surface area contributed by atoms with Gasteiger partial charge in [0, 0.05) is 56.2 Å². The first-order valence-electron chi connectivity index (χ1n) is 13.6. The molecule has 0 atom stereocenters. The van der Waals surface area contributed by atoms with Crippen LogP contribution in [0.4, 0.5) is 19.9 Å². The van der Waals surface area contributed by atoms with Crippen LogP contribution in [0.25, 0.3) is 33.4 Å². The molecule has 1 aliphatic rings. The highest BCUT2D eigenvalue weighted by molar-refractivity contribution is 5.97. The Balaban J connectivity index is 1.39. The van der Waals surface area contributed by atoms with Crippen LogP contribution in [-0.4, -0.2) is 81.3 Å². The van der Waals surface area contributed by atoms with E-state index in [1.807, 2.05) is 31.2 Å². The number of H-pyrrole nitrogens is 1. The van der Waals surface area contributed by atoms with Gasteiger partial charge in [0.15, 0.2) is 0 Å². The van der Waals surface area contributed by atoms with E-state index in [1.54, 1.807) is 18.0 Å². The van der Waals surface area contributed by atoms with Crippen molar-refractivity contribution in [2.75, 3.05) is 44.7 Å². The molecule has 2 N–H and O–H groups in total. The molecule has 41 heavy (non-hydrogen) atoms. The fourth-order valence-corrected chi connectivity index (χ4v) is 4.82. The second-order valence-electron chi connectivity index (χ2n) is 9.54. The molecular weight excluding hydrogens is 529 g/mol.